The molecule has 0 radical (unpaired) electrons. The molecule has 18 heteroatoms. The molecule has 0 aliphatic rings. The van der Waals surface area contributed by atoms with Crippen molar-refractivity contribution in [3.8, 4) is 34.0 Å². The standard InChI is InChI=1S/C21H18F2N2O5.C19H14F2N2O5/c1-3-28-21(27)18(30-15-9-8-13(22)16(17(15)23)19(24)26)20-25-14(10-29-20)12-6-4-11(2)5-7-12;1-9-2-4-10(5-3-9)12-8-27-18(23-12)16(19(25)26)28-13-7-6-11(20)14(15(13)21)17(22)24/h4-10,18H,3H2,1-2H3,(H2,24,26);2-8,16H,1H3,(H2,22,24)(H,25,26). The number of primary amides is 2. The first-order valence-electron chi connectivity index (χ1n) is 16.9. The smallest absolute Gasteiger partial charge is 0.357 e. The molecule has 0 saturated heterocycles. The molecule has 0 bridgehead atoms. The van der Waals surface area contributed by atoms with Crippen LogP contribution in [0.15, 0.2) is 94.2 Å². The summed E-state index contributed by atoms with van der Waals surface area (Å²) in [6, 6.07) is 17.9. The molecule has 2 atom stereocenters. The predicted octanol–water partition coefficient (Wildman–Crippen LogP) is 6.94. The first-order valence-corrected chi connectivity index (χ1v) is 16.9. The SMILES string of the molecule is CCOC(=O)C(Oc1ccc(F)c(C(N)=O)c1F)c1nc(-c2ccc(C)cc2)co1.Cc1ccc(-c2coc(C(Oc3ccc(F)c(C(N)=O)c3F)C(=O)O)n2)cc1. The number of hydrogen-bond acceptors (Lipinski definition) is 11. The maximum absolute atomic E-state index is 14.5. The minimum absolute atomic E-state index is 0.0165. The van der Waals surface area contributed by atoms with Crippen molar-refractivity contribution in [2.75, 3.05) is 6.61 Å². The van der Waals surface area contributed by atoms with Crippen molar-refractivity contribution in [1.82, 2.24) is 9.97 Å². The van der Waals surface area contributed by atoms with Gasteiger partial charge in [0.2, 0.25) is 11.8 Å². The van der Waals surface area contributed by atoms with Crippen LogP contribution >= 0.6 is 0 Å². The maximum Gasteiger partial charge on any atom is 0.357 e. The van der Waals surface area contributed by atoms with Crippen LogP contribution in [0, 0.1) is 37.1 Å². The number of ether oxygens (including phenoxy) is 3. The van der Waals surface area contributed by atoms with Crippen LogP contribution in [-0.4, -0.2) is 45.4 Å². The molecule has 5 N–H and O–H groups in total. The monoisotopic (exact) mass is 804 g/mol. The highest BCUT2D eigenvalue weighted by atomic mass is 19.1. The zero-order valence-electron chi connectivity index (χ0n) is 30.6. The lowest BCUT2D eigenvalue weighted by molar-refractivity contribution is -0.153. The zero-order valence-corrected chi connectivity index (χ0v) is 30.6. The average Bonchev–Trinajstić information content (AvgIpc) is 3.86. The largest absolute Gasteiger partial charge is 0.478 e. The third kappa shape index (κ3) is 9.47. The number of rotatable bonds is 13. The summed E-state index contributed by atoms with van der Waals surface area (Å²) < 4.78 is 82.1. The van der Waals surface area contributed by atoms with E-state index in [1.165, 1.54) is 12.5 Å². The Bertz CT molecular complexity index is 2470. The number of aliphatic carboxylic acids is 1. The van der Waals surface area contributed by atoms with Crippen LogP contribution in [0.3, 0.4) is 0 Å². The predicted molar refractivity (Wildman–Crippen MR) is 194 cm³/mol. The number of nitrogens with two attached hydrogens (primary N) is 2. The Labute approximate surface area is 326 Å². The van der Waals surface area contributed by atoms with E-state index in [4.69, 9.17) is 34.5 Å². The van der Waals surface area contributed by atoms with Crippen molar-refractivity contribution in [3.63, 3.8) is 0 Å². The highest BCUT2D eigenvalue weighted by Crippen LogP contribution is 2.32. The molecule has 6 aromatic rings. The summed E-state index contributed by atoms with van der Waals surface area (Å²) in [6.45, 7) is 5.43. The van der Waals surface area contributed by atoms with Gasteiger partial charge in [-0.15, -0.1) is 0 Å². The van der Waals surface area contributed by atoms with Gasteiger partial charge in [-0.25, -0.2) is 37.1 Å². The van der Waals surface area contributed by atoms with Gasteiger partial charge >= 0.3 is 11.9 Å². The Morgan fingerprint density at radius 2 is 1.05 bits per heavy atom. The van der Waals surface area contributed by atoms with Crippen LogP contribution in [0.5, 0.6) is 11.5 Å². The third-order valence-electron chi connectivity index (χ3n) is 8.01. The number of halogens is 4. The lowest BCUT2D eigenvalue weighted by Gasteiger charge is -2.16. The number of carboxylic acids is 1. The molecule has 2 aromatic heterocycles. The van der Waals surface area contributed by atoms with Gasteiger partial charge in [0.15, 0.2) is 23.1 Å². The Morgan fingerprint density at radius 3 is 1.43 bits per heavy atom. The van der Waals surface area contributed by atoms with Gasteiger partial charge in [-0.3, -0.25) is 9.59 Å². The molecule has 14 nitrogen and oxygen atoms in total. The molecule has 2 heterocycles. The van der Waals surface area contributed by atoms with E-state index in [9.17, 15) is 41.8 Å². The van der Waals surface area contributed by atoms with Gasteiger partial charge in [-0.2, -0.15) is 0 Å². The quantitative estimate of drug-likeness (QED) is 0.0798. The summed E-state index contributed by atoms with van der Waals surface area (Å²) in [5.41, 5.74) is 12.2. The Hall–Kier alpha value is -7.50. The second-order valence-corrected chi connectivity index (χ2v) is 12.2. The van der Waals surface area contributed by atoms with E-state index < -0.39 is 81.9 Å². The summed E-state index contributed by atoms with van der Waals surface area (Å²) >= 11 is 0. The van der Waals surface area contributed by atoms with Gasteiger partial charge in [0.1, 0.15) is 46.7 Å². The van der Waals surface area contributed by atoms with Crippen molar-refractivity contribution in [2.45, 2.75) is 33.0 Å². The van der Waals surface area contributed by atoms with Gasteiger partial charge in [-0.1, -0.05) is 59.7 Å². The number of benzene rings is 4. The molecule has 58 heavy (non-hydrogen) atoms. The number of carbonyl (C=O) groups excluding carboxylic acids is 3. The van der Waals surface area contributed by atoms with Gasteiger partial charge in [0.25, 0.3) is 24.0 Å². The van der Waals surface area contributed by atoms with E-state index in [0.29, 0.717) is 17.0 Å². The van der Waals surface area contributed by atoms with E-state index in [0.717, 1.165) is 41.0 Å². The molecule has 0 aliphatic carbocycles. The molecule has 6 rings (SSSR count). The van der Waals surface area contributed by atoms with Crippen molar-refractivity contribution in [2.24, 2.45) is 11.5 Å². The molecule has 2 amide bonds. The first-order chi connectivity index (χ1) is 27.6. The van der Waals surface area contributed by atoms with Crippen LogP contribution in [0.25, 0.3) is 22.5 Å². The van der Waals surface area contributed by atoms with E-state index in [1.54, 1.807) is 19.1 Å². The highest BCUT2D eigenvalue weighted by Gasteiger charge is 2.33. The lowest BCUT2D eigenvalue weighted by atomic mass is 10.1. The van der Waals surface area contributed by atoms with Crippen molar-refractivity contribution in [3.05, 3.63) is 143 Å². The summed E-state index contributed by atoms with van der Waals surface area (Å²) in [4.78, 5) is 54.8. The van der Waals surface area contributed by atoms with E-state index in [1.807, 2.05) is 50.2 Å². The lowest BCUT2D eigenvalue weighted by Crippen LogP contribution is -2.23. The number of hydrogen-bond donors (Lipinski definition) is 3. The number of aryl methyl sites for hydroxylation is 2. The maximum atomic E-state index is 14.5. The number of carboxylic acid groups (broad SMARTS) is 1. The fourth-order valence-electron chi connectivity index (χ4n) is 5.11. The second kappa shape index (κ2) is 18.0. The molecule has 300 valence electrons. The first kappa shape index (κ1) is 41.7. The Morgan fingerprint density at radius 1 is 0.655 bits per heavy atom. The molecule has 0 fully saturated rings. The van der Waals surface area contributed by atoms with Crippen LogP contribution < -0.4 is 20.9 Å². The van der Waals surface area contributed by atoms with Gasteiger partial charge in [-0.05, 0) is 45.0 Å². The molecular formula is C40H32F4N4O10. The fraction of sp³-hybridized carbons (Fsp3) is 0.150. The zero-order chi connectivity index (χ0) is 42.3. The van der Waals surface area contributed by atoms with Crippen molar-refractivity contribution in [1.29, 1.82) is 0 Å². The second-order valence-electron chi connectivity index (χ2n) is 12.2. The third-order valence-corrected chi connectivity index (χ3v) is 8.01. The summed E-state index contributed by atoms with van der Waals surface area (Å²) in [5.74, 6) is -12.0. The van der Waals surface area contributed by atoms with E-state index in [-0.39, 0.29) is 18.4 Å². The van der Waals surface area contributed by atoms with Crippen LogP contribution in [0.2, 0.25) is 0 Å². The van der Waals surface area contributed by atoms with Crippen molar-refractivity contribution < 1.29 is 64.9 Å². The topological polar surface area (TPSA) is 220 Å². The van der Waals surface area contributed by atoms with Crippen LogP contribution in [-0.2, 0) is 14.3 Å². The molecule has 0 aliphatic heterocycles. The van der Waals surface area contributed by atoms with Gasteiger partial charge in [0, 0.05) is 11.1 Å². The summed E-state index contributed by atoms with van der Waals surface area (Å²) in [7, 11) is 0. The normalized spacial score (nSPS) is 11.8. The Kier molecular flexibility index (Phi) is 12.9. The molecule has 4 aromatic carbocycles. The molecule has 2 unspecified atom stereocenters. The highest BCUT2D eigenvalue weighted by molar-refractivity contribution is 5.94. The summed E-state index contributed by atoms with van der Waals surface area (Å²) in [5, 5.41) is 9.42. The minimum atomic E-state index is -1.83. The number of nitrogens with zero attached hydrogens (tertiary/aromatic N) is 2. The molecule has 0 saturated carbocycles. The van der Waals surface area contributed by atoms with E-state index >= 15 is 0 Å². The average molecular weight is 805 g/mol. The Balaban J connectivity index is 0.000000221. The molecular weight excluding hydrogens is 772 g/mol. The minimum Gasteiger partial charge on any atom is -0.478 e. The number of oxazole rings is 2. The van der Waals surface area contributed by atoms with Crippen molar-refractivity contribution >= 4 is 23.8 Å². The number of aromatic nitrogens is 2. The number of amides is 2. The number of carbonyl (C=O) groups is 4. The van der Waals surface area contributed by atoms with E-state index in [2.05, 4.69) is 9.97 Å². The van der Waals surface area contributed by atoms with Gasteiger partial charge < -0.3 is 39.6 Å². The summed E-state index contributed by atoms with van der Waals surface area (Å²) in [6.07, 6.45) is -0.884. The fourth-order valence-corrected chi connectivity index (χ4v) is 5.11. The van der Waals surface area contributed by atoms with Crippen LogP contribution in [0.1, 0.15) is 62.8 Å². The number of esters is 1. The molecule has 0 spiro atoms. The van der Waals surface area contributed by atoms with Gasteiger partial charge in [0.05, 0.1) is 6.61 Å². The van der Waals surface area contributed by atoms with Crippen LogP contribution in [0.4, 0.5) is 17.6 Å².